The summed E-state index contributed by atoms with van der Waals surface area (Å²) in [5, 5.41) is 0. The molecule has 0 fully saturated rings. The van der Waals surface area contributed by atoms with Gasteiger partial charge in [-0.05, 0) is 108 Å². The summed E-state index contributed by atoms with van der Waals surface area (Å²) < 4.78 is 0. The molecule has 0 amide bonds. The maximum Gasteiger partial charge on any atom is 0.0415 e. The molecule has 1 heteroatoms. The van der Waals surface area contributed by atoms with Crippen LogP contribution in [-0.4, -0.2) is 6.54 Å². The summed E-state index contributed by atoms with van der Waals surface area (Å²) in [6.45, 7) is 10.3. The van der Waals surface area contributed by atoms with Gasteiger partial charge in [0.2, 0.25) is 0 Å². The van der Waals surface area contributed by atoms with Gasteiger partial charge in [-0.15, -0.1) is 0 Å². The van der Waals surface area contributed by atoms with E-state index in [1.807, 2.05) is 0 Å². The first-order chi connectivity index (χ1) is 26.8. The van der Waals surface area contributed by atoms with Crippen molar-refractivity contribution in [2.24, 2.45) is 0 Å². The molecule has 0 atom stereocenters. The van der Waals surface area contributed by atoms with Gasteiger partial charge in [0.15, 0.2) is 0 Å². The van der Waals surface area contributed by atoms with Gasteiger partial charge >= 0.3 is 0 Å². The van der Waals surface area contributed by atoms with Crippen LogP contribution < -0.4 is 4.90 Å². The Bertz CT molecular complexity index is 2470. The van der Waals surface area contributed by atoms with Crippen molar-refractivity contribution in [2.45, 2.75) is 44.9 Å². The molecule has 268 valence electrons. The lowest BCUT2D eigenvalue weighted by molar-refractivity contribution is 0.563. The van der Waals surface area contributed by atoms with Gasteiger partial charge in [0, 0.05) is 23.3 Å². The minimum Gasteiger partial charge on any atom is -0.338 e. The highest BCUT2D eigenvalue weighted by molar-refractivity contribution is 6.04. The number of allylic oxidation sites excluding steroid dienone is 3. The molecule has 0 saturated carbocycles. The summed E-state index contributed by atoms with van der Waals surface area (Å²) in [5.74, 6) is 0. The molecular formula is C54H47N. The number of anilines is 2. The van der Waals surface area contributed by atoms with Crippen molar-refractivity contribution in [1.29, 1.82) is 0 Å². The molecule has 7 aromatic rings. The summed E-state index contributed by atoms with van der Waals surface area (Å²) in [6.07, 6.45) is 5.81. The maximum atomic E-state index is 2.43. The molecule has 0 aromatic heterocycles. The van der Waals surface area contributed by atoms with E-state index >= 15 is 0 Å². The average molecular weight is 710 g/mol. The van der Waals surface area contributed by atoms with Crippen molar-refractivity contribution in [1.82, 2.24) is 0 Å². The Morgan fingerprint density at radius 3 is 1.58 bits per heavy atom. The Morgan fingerprint density at radius 1 is 0.491 bits per heavy atom. The average Bonchev–Trinajstić information content (AvgIpc) is 3.64. The van der Waals surface area contributed by atoms with Gasteiger partial charge in [0.1, 0.15) is 0 Å². The Hall–Kier alpha value is -6.18. The van der Waals surface area contributed by atoms with Crippen LogP contribution in [0.2, 0.25) is 0 Å². The highest BCUT2D eigenvalue weighted by Crippen LogP contribution is 2.54. The second kappa shape index (κ2) is 13.9. The molecular weight excluding hydrogens is 663 g/mol. The third-order valence-corrected chi connectivity index (χ3v) is 12.0. The second-order valence-electron chi connectivity index (χ2n) is 16.2. The number of rotatable bonds is 8. The van der Waals surface area contributed by atoms with Crippen LogP contribution in [0.4, 0.5) is 11.4 Å². The minimum absolute atomic E-state index is 0.0488. The van der Waals surface area contributed by atoms with Crippen molar-refractivity contribution in [3.8, 4) is 33.4 Å². The maximum absolute atomic E-state index is 2.43. The molecule has 0 heterocycles. The smallest absolute Gasteiger partial charge is 0.0415 e. The van der Waals surface area contributed by atoms with Gasteiger partial charge in [-0.3, -0.25) is 0 Å². The van der Waals surface area contributed by atoms with Crippen molar-refractivity contribution in [3.05, 3.63) is 216 Å². The Balaban J connectivity index is 1.16. The standard InChI is InChI=1S/C54H47N/c1-53(2)37-48(45-21-11-13-25-49(45)53)44(46-23-15-27-51-52(46)47-22-12-14-26-50(47)54(51,3)4)24-16-36-55(42-32-28-40(29-33-42)38-17-7-5-8-18-38)43-34-30-41(31-35-43)39-19-9-6-10-20-39/h5-35H,36-37H2,1-4H3/b24-16-,48-44-. The van der Waals surface area contributed by atoms with Crippen molar-refractivity contribution in [3.63, 3.8) is 0 Å². The molecule has 0 aliphatic heterocycles. The fourth-order valence-corrected chi connectivity index (χ4v) is 9.11. The summed E-state index contributed by atoms with van der Waals surface area (Å²) in [6, 6.07) is 64.4. The molecule has 0 radical (unpaired) electrons. The lowest BCUT2D eigenvalue weighted by Crippen LogP contribution is -2.17. The molecule has 0 N–H and O–H groups in total. The van der Waals surface area contributed by atoms with E-state index in [1.165, 1.54) is 72.3 Å². The van der Waals surface area contributed by atoms with Gasteiger partial charge in [-0.25, -0.2) is 0 Å². The molecule has 0 unspecified atom stereocenters. The van der Waals surface area contributed by atoms with E-state index in [2.05, 4.69) is 221 Å². The highest BCUT2D eigenvalue weighted by Gasteiger charge is 2.38. The van der Waals surface area contributed by atoms with Gasteiger partial charge < -0.3 is 4.90 Å². The van der Waals surface area contributed by atoms with Crippen LogP contribution in [0.25, 0.3) is 44.5 Å². The first-order valence-electron chi connectivity index (χ1n) is 19.6. The van der Waals surface area contributed by atoms with Gasteiger partial charge in [0.05, 0.1) is 0 Å². The zero-order chi connectivity index (χ0) is 37.6. The summed E-state index contributed by atoms with van der Waals surface area (Å²) >= 11 is 0. The molecule has 0 bridgehead atoms. The molecule has 1 nitrogen and oxygen atoms in total. The molecule has 55 heavy (non-hydrogen) atoms. The van der Waals surface area contributed by atoms with Crippen molar-refractivity contribution in [2.75, 3.05) is 11.4 Å². The van der Waals surface area contributed by atoms with Gasteiger partial charge in [0.25, 0.3) is 0 Å². The number of nitrogens with zero attached hydrogens (tertiary/aromatic N) is 1. The lowest BCUT2D eigenvalue weighted by Gasteiger charge is -2.25. The first-order valence-corrected chi connectivity index (χ1v) is 19.6. The number of hydrogen-bond donors (Lipinski definition) is 0. The number of benzene rings is 7. The third kappa shape index (κ3) is 6.24. The fraction of sp³-hybridized carbons (Fsp3) is 0.148. The zero-order valence-corrected chi connectivity index (χ0v) is 32.3. The monoisotopic (exact) mass is 709 g/mol. The lowest BCUT2D eigenvalue weighted by atomic mass is 9.81. The van der Waals surface area contributed by atoms with Crippen LogP contribution in [0.5, 0.6) is 0 Å². The van der Waals surface area contributed by atoms with Crippen molar-refractivity contribution < 1.29 is 0 Å². The van der Waals surface area contributed by atoms with E-state index in [0.29, 0.717) is 6.54 Å². The Labute approximate surface area is 327 Å². The summed E-state index contributed by atoms with van der Waals surface area (Å²) in [4.78, 5) is 2.43. The largest absolute Gasteiger partial charge is 0.338 e. The summed E-state index contributed by atoms with van der Waals surface area (Å²) in [5.41, 5.74) is 19.6. The molecule has 0 saturated heterocycles. The molecule has 0 spiro atoms. The van der Waals surface area contributed by atoms with E-state index in [1.54, 1.807) is 0 Å². The van der Waals surface area contributed by atoms with Gasteiger partial charge in [-0.2, -0.15) is 0 Å². The Kier molecular flexibility index (Phi) is 8.74. The normalized spacial score (nSPS) is 15.7. The highest BCUT2D eigenvalue weighted by atomic mass is 15.1. The van der Waals surface area contributed by atoms with E-state index in [9.17, 15) is 0 Å². The van der Waals surface area contributed by atoms with Crippen LogP contribution in [0.3, 0.4) is 0 Å². The molecule has 9 rings (SSSR count). The fourth-order valence-electron chi connectivity index (χ4n) is 9.11. The quantitative estimate of drug-likeness (QED) is 0.152. The first kappa shape index (κ1) is 34.6. The predicted octanol–water partition coefficient (Wildman–Crippen LogP) is 14.3. The van der Waals surface area contributed by atoms with Crippen LogP contribution in [0, 0.1) is 0 Å². The molecule has 2 aliphatic carbocycles. The summed E-state index contributed by atoms with van der Waals surface area (Å²) in [7, 11) is 0. The van der Waals surface area contributed by atoms with Crippen LogP contribution in [-0.2, 0) is 10.8 Å². The van der Waals surface area contributed by atoms with E-state index < -0.39 is 0 Å². The van der Waals surface area contributed by atoms with Gasteiger partial charge in [-0.1, -0.05) is 192 Å². The topological polar surface area (TPSA) is 3.24 Å². The number of hydrogen-bond acceptors (Lipinski definition) is 1. The SMILES string of the molecule is CC1(C)C/C(=C(\C=C/CN(c2ccc(-c3ccccc3)cc2)c2ccc(-c3ccccc3)cc2)c2cccc3c2-c2ccccc2C3(C)C)c2ccccc21. The van der Waals surface area contributed by atoms with E-state index in [0.717, 1.165) is 17.8 Å². The van der Waals surface area contributed by atoms with Crippen LogP contribution in [0.15, 0.2) is 188 Å². The molecule has 7 aromatic carbocycles. The van der Waals surface area contributed by atoms with E-state index in [-0.39, 0.29) is 10.8 Å². The minimum atomic E-state index is -0.0666. The van der Waals surface area contributed by atoms with Crippen LogP contribution in [0.1, 0.15) is 61.9 Å². The predicted molar refractivity (Wildman–Crippen MR) is 235 cm³/mol. The second-order valence-corrected chi connectivity index (χ2v) is 16.2. The van der Waals surface area contributed by atoms with E-state index in [4.69, 9.17) is 0 Å². The zero-order valence-electron chi connectivity index (χ0n) is 32.3. The Morgan fingerprint density at radius 2 is 0.982 bits per heavy atom. The van der Waals surface area contributed by atoms with Crippen LogP contribution >= 0.6 is 0 Å². The number of fused-ring (bicyclic) bond motifs is 4. The third-order valence-electron chi connectivity index (χ3n) is 12.0. The molecule has 2 aliphatic rings. The van der Waals surface area contributed by atoms with Crippen molar-refractivity contribution >= 4 is 22.5 Å².